The molecule has 29 heavy (non-hydrogen) atoms. The van der Waals surface area contributed by atoms with Crippen molar-refractivity contribution in [2.24, 2.45) is 5.73 Å². The van der Waals surface area contributed by atoms with E-state index >= 15 is 0 Å². The first-order valence-corrected chi connectivity index (χ1v) is 9.85. The van der Waals surface area contributed by atoms with Crippen LogP contribution in [-0.4, -0.2) is 66.6 Å². The lowest BCUT2D eigenvalue weighted by atomic mass is 10.0. The molecule has 1 aromatic carbocycles. The molecule has 1 saturated heterocycles. The molecular formula is C16H21N5O7S. The smallest absolute Gasteiger partial charge is 0.358 e. The van der Waals surface area contributed by atoms with E-state index < -0.39 is 58.6 Å². The van der Waals surface area contributed by atoms with Crippen molar-refractivity contribution in [3.8, 4) is 0 Å². The van der Waals surface area contributed by atoms with Gasteiger partial charge in [-0.3, -0.25) is 23.7 Å². The highest BCUT2D eigenvalue weighted by Crippen LogP contribution is 2.18. The largest absolute Gasteiger partial charge is 0.362 e. The number of benzene rings is 1. The Bertz CT molecular complexity index is 905. The zero-order chi connectivity index (χ0) is 21.8. The summed E-state index contributed by atoms with van der Waals surface area (Å²) >= 11 is 0. The van der Waals surface area contributed by atoms with Crippen LogP contribution in [0.1, 0.15) is 18.0 Å². The maximum Gasteiger partial charge on any atom is 0.362 e. The fourth-order valence-corrected chi connectivity index (χ4v) is 3.30. The number of hydrogen-bond donors (Lipinski definition) is 5. The molecule has 13 heteroatoms. The first-order chi connectivity index (χ1) is 13.5. The van der Waals surface area contributed by atoms with E-state index in [1.165, 1.54) is 7.05 Å². The molecule has 1 aromatic rings. The van der Waals surface area contributed by atoms with E-state index in [4.69, 9.17) is 10.3 Å². The first-order valence-electron chi connectivity index (χ1n) is 8.45. The van der Waals surface area contributed by atoms with Crippen LogP contribution in [0.4, 0.5) is 0 Å². The fourth-order valence-electron chi connectivity index (χ4n) is 2.61. The minimum atomic E-state index is -4.69. The third kappa shape index (κ3) is 5.49. The van der Waals surface area contributed by atoms with Crippen LogP contribution in [0.15, 0.2) is 30.3 Å². The van der Waals surface area contributed by atoms with Gasteiger partial charge in [0.05, 0.1) is 19.0 Å². The first kappa shape index (κ1) is 22.3. The molecule has 0 spiro atoms. The van der Waals surface area contributed by atoms with Gasteiger partial charge in [-0.15, -0.1) is 0 Å². The van der Waals surface area contributed by atoms with E-state index in [1.807, 2.05) is 0 Å². The third-order valence-corrected chi connectivity index (χ3v) is 5.06. The van der Waals surface area contributed by atoms with Crippen molar-refractivity contribution in [1.29, 1.82) is 0 Å². The van der Waals surface area contributed by atoms with Crippen LogP contribution in [0.25, 0.3) is 0 Å². The standard InChI is InChI=1S/C16H21N5O7S/c1-18-14(23)10(17)7-12(22)20-13(9-5-3-2-4-6-9)15(24)19-11-8-21(16(11)25)29(26,27)28/h2-6,10-11,13H,7-8,17H2,1H3,(H,18,23)(H,19,24)(H,20,22)(H,26,27,28). The van der Waals surface area contributed by atoms with Crippen LogP contribution in [0.3, 0.4) is 0 Å². The number of carbonyl (C=O) groups excluding carboxylic acids is 4. The van der Waals surface area contributed by atoms with Crippen LogP contribution in [-0.2, 0) is 29.5 Å². The van der Waals surface area contributed by atoms with E-state index in [-0.39, 0.29) is 10.7 Å². The van der Waals surface area contributed by atoms with Crippen molar-refractivity contribution >= 4 is 33.9 Å². The van der Waals surface area contributed by atoms with Gasteiger partial charge in [0.1, 0.15) is 12.1 Å². The van der Waals surface area contributed by atoms with Crippen molar-refractivity contribution in [2.75, 3.05) is 13.6 Å². The van der Waals surface area contributed by atoms with Crippen LogP contribution >= 0.6 is 0 Å². The van der Waals surface area contributed by atoms with Crippen molar-refractivity contribution < 1.29 is 32.1 Å². The molecule has 1 fully saturated rings. The lowest BCUT2D eigenvalue weighted by Gasteiger charge is -2.36. The normalized spacial score (nSPS) is 18.2. The monoisotopic (exact) mass is 427 g/mol. The quantitative estimate of drug-likeness (QED) is 0.221. The molecular weight excluding hydrogens is 406 g/mol. The summed E-state index contributed by atoms with van der Waals surface area (Å²) in [6, 6.07) is 4.59. The molecule has 3 atom stereocenters. The Kier molecular flexibility index (Phi) is 6.89. The minimum Gasteiger partial charge on any atom is -0.358 e. The number of nitrogens with two attached hydrogens (primary N) is 1. The maximum absolute atomic E-state index is 12.6. The van der Waals surface area contributed by atoms with Crippen molar-refractivity contribution in [1.82, 2.24) is 20.3 Å². The molecule has 1 aliphatic heterocycles. The van der Waals surface area contributed by atoms with Crippen molar-refractivity contribution in [2.45, 2.75) is 24.5 Å². The second-order valence-electron chi connectivity index (χ2n) is 6.24. The highest BCUT2D eigenvalue weighted by Gasteiger charge is 2.45. The SMILES string of the molecule is CNC(=O)C(N)CC(=O)NC(C(=O)NC1CN(S(=O)(=O)O)C1=O)c1ccccc1. The molecule has 1 heterocycles. The molecule has 0 aliphatic carbocycles. The van der Waals surface area contributed by atoms with Crippen molar-refractivity contribution in [3.05, 3.63) is 35.9 Å². The highest BCUT2D eigenvalue weighted by atomic mass is 32.2. The molecule has 158 valence electrons. The second-order valence-corrected chi connectivity index (χ2v) is 7.58. The Labute approximate surface area is 166 Å². The molecule has 6 N–H and O–H groups in total. The van der Waals surface area contributed by atoms with Crippen molar-refractivity contribution in [3.63, 3.8) is 0 Å². The number of rotatable bonds is 8. The summed E-state index contributed by atoms with van der Waals surface area (Å²) in [6.45, 7) is -0.430. The number of amides is 4. The minimum absolute atomic E-state index is 0.205. The molecule has 4 amide bonds. The average Bonchev–Trinajstić information content (AvgIpc) is 2.67. The number of carbonyl (C=O) groups is 4. The molecule has 0 aromatic heterocycles. The summed E-state index contributed by atoms with van der Waals surface area (Å²) < 4.78 is 31.1. The third-order valence-electron chi connectivity index (χ3n) is 4.18. The number of β-lactam (4-membered cyclic amide) rings is 1. The van der Waals surface area contributed by atoms with Gasteiger partial charge in [0.2, 0.25) is 17.7 Å². The Hall–Kier alpha value is -3.03. The topological polar surface area (TPSA) is 188 Å². The summed E-state index contributed by atoms with van der Waals surface area (Å²) in [7, 11) is -3.32. The molecule has 0 bridgehead atoms. The Morgan fingerprint density at radius 3 is 2.38 bits per heavy atom. The van der Waals surface area contributed by atoms with E-state index in [2.05, 4.69) is 16.0 Å². The Morgan fingerprint density at radius 2 is 1.86 bits per heavy atom. The lowest BCUT2D eigenvalue weighted by Crippen LogP contribution is -2.66. The van der Waals surface area contributed by atoms with Gasteiger partial charge in [0.15, 0.2) is 0 Å². The van der Waals surface area contributed by atoms with E-state index in [0.29, 0.717) is 5.56 Å². The van der Waals surface area contributed by atoms with Gasteiger partial charge >= 0.3 is 10.3 Å². The van der Waals surface area contributed by atoms with Crippen LogP contribution in [0.2, 0.25) is 0 Å². The predicted octanol–water partition coefficient (Wildman–Crippen LogP) is -2.56. The van der Waals surface area contributed by atoms with Gasteiger partial charge in [-0.05, 0) is 5.56 Å². The Morgan fingerprint density at radius 1 is 1.24 bits per heavy atom. The highest BCUT2D eigenvalue weighted by molar-refractivity contribution is 7.84. The lowest BCUT2D eigenvalue weighted by molar-refractivity contribution is -0.141. The summed E-state index contributed by atoms with van der Waals surface area (Å²) in [5.74, 6) is -3.00. The molecule has 12 nitrogen and oxygen atoms in total. The van der Waals surface area contributed by atoms with Gasteiger partial charge in [-0.1, -0.05) is 30.3 Å². The summed E-state index contributed by atoms with van der Waals surface area (Å²) in [4.78, 5) is 48.2. The summed E-state index contributed by atoms with van der Waals surface area (Å²) in [5, 5.41) is 7.08. The molecule has 0 saturated carbocycles. The van der Waals surface area contributed by atoms with Crippen LogP contribution < -0.4 is 21.7 Å². The van der Waals surface area contributed by atoms with Crippen LogP contribution in [0.5, 0.6) is 0 Å². The molecule has 2 rings (SSSR count). The van der Waals surface area contributed by atoms with E-state index in [1.54, 1.807) is 30.3 Å². The number of hydrogen-bond acceptors (Lipinski definition) is 7. The second kappa shape index (κ2) is 8.98. The zero-order valence-electron chi connectivity index (χ0n) is 15.4. The van der Waals surface area contributed by atoms with Gasteiger partial charge in [0.25, 0.3) is 5.91 Å². The van der Waals surface area contributed by atoms with Crippen LogP contribution in [0, 0.1) is 0 Å². The maximum atomic E-state index is 12.6. The summed E-state index contributed by atoms with van der Waals surface area (Å²) in [6.07, 6.45) is -0.380. The zero-order valence-corrected chi connectivity index (χ0v) is 16.2. The van der Waals surface area contributed by atoms with E-state index in [9.17, 15) is 27.6 Å². The Balaban J connectivity index is 2.09. The average molecular weight is 427 g/mol. The fraction of sp³-hybridized carbons (Fsp3) is 0.375. The predicted molar refractivity (Wildman–Crippen MR) is 99.2 cm³/mol. The molecule has 3 unspecified atom stereocenters. The number of nitrogens with zero attached hydrogens (tertiary/aromatic N) is 1. The van der Waals surface area contributed by atoms with E-state index in [0.717, 1.165) is 0 Å². The van der Waals surface area contributed by atoms with Gasteiger partial charge in [-0.25, -0.2) is 4.31 Å². The number of likely N-dealkylation sites (N-methyl/N-ethyl adjacent to an activating group) is 1. The molecule has 0 radical (unpaired) electrons. The molecule has 1 aliphatic rings. The van der Waals surface area contributed by atoms with Gasteiger partial charge in [0, 0.05) is 7.05 Å². The summed E-state index contributed by atoms with van der Waals surface area (Å²) in [5.41, 5.74) is 5.99. The van der Waals surface area contributed by atoms with Gasteiger partial charge in [-0.2, -0.15) is 8.42 Å². The number of nitrogens with one attached hydrogen (secondary N) is 3. The van der Waals surface area contributed by atoms with Gasteiger partial charge < -0.3 is 21.7 Å².